The maximum Gasteiger partial charge on any atom is 0.270 e. The van der Waals surface area contributed by atoms with Crippen LogP contribution in [0.3, 0.4) is 0 Å². The largest absolute Gasteiger partial charge is 0.383 e. The molecular formula is C25H21F3N4O2. The first-order valence-corrected chi connectivity index (χ1v) is 10.7. The molecule has 5 rings (SSSR count). The van der Waals surface area contributed by atoms with Crippen molar-refractivity contribution in [1.29, 1.82) is 0 Å². The number of rotatable bonds is 5. The van der Waals surface area contributed by atoms with Crippen molar-refractivity contribution in [2.45, 2.75) is 33.2 Å². The van der Waals surface area contributed by atoms with Gasteiger partial charge in [-0.3, -0.25) is 4.79 Å². The fraction of sp³-hybridized carbons (Fsp3) is 0.200. The number of nitrogens with two attached hydrogens (primary N) is 1. The summed E-state index contributed by atoms with van der Waals surface area (Å²) in [6.07, 6.45) is 0. The van der Waals surface area contributed by atoms with Crippen LogP contribution in [-0.2, 0) is 31.0 Å². The lowest BCUT2D eigenvalue weighted by Gasteiger charge is -2.24. The number of hydrogen-bond acceptors (Lipinski definition) is 4. The minimum Gasteiger partial charge on any atom is -0.383 e. The number of H-pyrrole nitrogens is 1. The van der Waals surface area contributed by atoms with Crippen molar-refractivity contribution in [2.75, 3.05) is 5.73 Å². The molecule has 0 saturated carbocycles. The summed E-state index contributed by atoms with van der Waals surface area (Å²) < 4.78 is 49.0. The number of carbonyl (C=O) groups is 1. The molecule has 0 radical (unpaired) electrons. The number of aromatic nitrogens is 2. The summed E-state index contributed by atoms with van der Waals surface area (Å²) in [6.45, 7) is 1.79. The van der Waals surface area contributed by atoms with E-state index in [9.17, 15) is 18.0 Å². The SMILES string of the molecule is Cc1cccc(F)c1CN(Cc1c(F)cccc1F)C(=O)c1cc2nc(N)c3c(c2[nH]1)COC3. The summed E-state index contributed by atoms with van der Waals surface area (Å²) in [5.41, 5.74) is 9.45. The fourth-order valence-corrected chi connectivity index (χ4v) is 4.26. The van der Waals surface area contributed by atoms with Gasteiger partial charge in [-0.05, 0) is 36.8 Å². The van der Waals surface area contributed by atoms with Gasteiger partial charge in [0.25, 0.3) is 5.91 Å². The van der Waals surface area contributed by atoms with E-state index in [2.05, 4.69) is 9.97 Å². The zero-order valence-electron chi connectivity index (χ0n) is 18.3. The van der Waals surface area contributed by atoms with Crippen LogP contribution in [0.5, 0.6) is 0 Å². The number of benzene rings is 2. The molecule has 3 heterocycles. The highest BCUT2D eigenvalue weighted by molar-refractivity contribution is 5.98. The molecule has 9 heteroatoms. The third-order valence-corrected chi connectivity index (χ3v) is 6.14. The third-order valence-electron chi connectivity index (χ3n) is 6.14. The number of nitrogens with one attached hydrogen (secondary N) is 1. The first-order chi connectivity index (χ1) is 16.3. The van der Waals surface area contributed by atoms with E-state index >= 15 is 0 Å². The Morgan fingerprint density at radius 2 is 1.65 bits per heavy atom. The van der Waals surface area contributed by atoms with Gasteiger partial charge in [0.2, 0.25) is 0 Å². The van der Waals surface area contributed by atoms with Gasteiger partial charge < -0.3 is 20.4 Å². The normalized spacial score (nSPS) is 12.8. The molecule has 3 N–H and O–H groups in total. The van der Waals surface area contributed by atoms with Gasteiger partial charge in [0.15, 0.2) is 0 Å². The van der Waals surface area contributed by atoms with E-state index in [-0.39, 0.29) is 23.4 Å². The summed E-state index contributed by atoms with van der Waals surface area (Å²) in [5.74, 6) is -2.32. The minimum atomic E-state index is -0.788. The zero-order valence-corrected chi connectivity index (χ0v) is 18.3. The summed E-state index contributed by atoms with van der Waals surface area (Å²) in [5, 5.41) is 0. The summed E-state index contributed by atoms with van der Waals surface area (Å²) >= 11 is 0. The number of aryl methyl sites for hydroxylation is 1. The molecule has 0 spiro atoms. The van der Waals surface area contributed by atoms with E-state index in [0.717, 1.165) is 23.3 Å². The molecular weight excluding hydrogens is 445 g/mol. The maximum absolute atomic E-state index is 14.6. The van der Waals surface area contributed by atoms with Crippen molar-refractivity contribution in [2.24, 2.45) is 0 Å². The molecule has 2 aromatic carbocycles. The van der Waals surface area contributed by atoms with E-state index < -0.39 is 29.9 Å². The Hall–Kier alpha value is -3.85. The van der Waals surface area contributed by atoms with Gasteiger partial charge in [-0.25, -0.2) is 18.2 Å². The van der Waals surface area contributed by atoms with Crippen LogP contribution in [0.1, 0.15) is 38.3 Å². The van der Waals surface area contributed by atoms with Gasteiger partial charge in [0.1, 0.15) is 29.0 Å². The summed E-state index contributed by atoms with van der Waals surface area (Å²) in [7, 11) is 0. The topological polar surface area (TPSA) is 84.2 Å². The van der Waals surface area contributed by atoms with Crippen LogP contribution in [0.25, 0.3) is 11.0 Å². The number of ether oxygens (including phenoxy) is 1. The van der Waals surface area contributed by atoms with Crippen molar-refractivity contribution in [1.82, 2.24) is 14.9 Å². The van der Waals surface area contributed by atoms with Crippen molar-refractivity contribution < 1.29 is 22.7 Å². The maximum atomic E-state index is 14.6. The Bertz CT molecular complexity index is 1340. The Labute approximate surface area is 193 Å². The van der Waals surface area contributed by atoms with E-state index in [4.69, 9.17) is 10.5 Å². The Morgan fingerprint density at radius 3 is 2.35 bits per heavy atom. The smallest absolute Gasteiger partial charge is 0.270 e. The second kappa shape index (κ2) is 8.49. The number of carbonyl (C=O) groups excluding carboxylic acids is 1. The predicted octanol–water partition coefficient (Wildman–Crippen LogP) is 4.74. The van der Waals surface area contributed by atoms with Crippen molar-refractivity contribution in [3.05, 3.63) is 93.4 Å². The number of nitrogens with zero attached hydrogens (tertiary/aromatic N) is 2. The molecule has 4 aromatic rings. The number of hydrogen-bond donors (Lipinski definition) is 2. The predicted molar refractivity (Wildman–Crippen MR) is 120 cm³/mol. The third kappa shape index (κ3) is 3.77. The number of halogens is 3. The Kier molecular flexibility index (Phi) is 5.49. The lowest BCUT2D eigenvalue weighted by Crippen LogP contribution is -2.32. The number of pyridine rings is 1. The second-order valence-corrected chi connectivity index (χ2v) is 8.29. The van der Waals surface area contributed by atoms with Crippen LogP contribution in [0, 0.1) is 24.4 Å². The molecule has 1 aliphatic rings. The van der Waals surface area contributed by atoms with Crippen LogP contribution >= 0.6 is 0 Å². The number of nitrogen functional groups attached to an aromatic ring is 1. The quantitative estimate of drug-likeness (QED) is 0.445. The van der Waals surface area contributed by atoms with E-state index in [1.165, 1.54) is 23.1 Å². The molecule has 34 heavy (non-hydrogen) atoms. The monoisotopic (exact) mass is 466 g/mol. The van der Waals surface area contributed by atoms with Crippen molar-refractivity contribution in [3.63, 3.8) is 0 Å². The van der Waals surface area contributed by atoms with Gasteiger partial charge >= 0.3 is 0 Å². The Morgan fingerprint density at radius 1 is 1.03 bits per heavy atom. The van der Waals surface area contributed by atoms with Crippen molar-refractivity contribution >= 4 is 22.8 Å². The standard InChI is InChI=1S/C25H21F3N4O2/c1-13-4-2-5-18(26)14(13)9-32(10-15-19(27)6-3-7-20(15)28)25(33)22-8-21-23(30-22)16-11-34-12-17(16)24(29)31-21/h2-8,30H,9-12H2,1H3,(H2,29,31). The number of anilines is 1. The van der Waals surface area contributed by atoms with Crippen molar-refractivity contribution in [3.8, 4) is 0 Å². The average molecular weight is 466 g/mol. The molecule has 0 saturated heterocycles. The van der Waals surface area contributed by atoms with Crippen LogP contribution in [-0.4, -0.2) is 20.8 Å². The first-order valence-electron chi connectivity index (χ1n) is 10.7. The zero-order chi connectivity index (χ0) is 24.0. The van der Waals surface area contributed by atoms with Gasteiger partial charge in [-0.15, -0.1) is 0 Å². The first kappa shape index (κ1) is 22.0. The molecule has 0 atom stereocenters. The summed E-state index contributed by atoms with van der Waals surface area (Å²) in [6, 6.07) is 9.58. The molecule has 2 aromatic heterocycles. The highest BCUT2D eigenvalue weighted by Crippen LogP contribution is 2.31. The molecule has 6 nitrogen and oxygen atoms in total. The minimum absolute atomic E-state index is 0.146. The summed E-state index contributed by atoms with van der Waals surface area (Å²) in [4.78, 5) is 22.2. The van der Waals surface area contributed by atoms with Gasteiger partial charge in [-0.2, -0.15) is 0 Å². The average Bonchev–Trinajstić information content (AvgIpc) is 3.44. The molecule has 0 fully saturated rings. The van der Waals surface area contributed by atoms with Crippen LogP contribution < -0.4 is 5.73 Å². The molecule has 0 bridgehead atoms. The molecule has 1 amide bonds. The second-order valence-electron chi connectivity index (χ2n) is 8.29. The van der Waals surface area contributed by atoms with Crippen LogP contribution in [0.2, 0.25) is 0 Å². The highest BCUT2D eigenvalue weighted by atomic mass is 19.1. The molecule has 174 valence electrons. The van der Waals surface area contributed by atoms with Gasteiger partial charge in [0, 0.05) is 28.8 Å². The van der Waals surface area contributed by atoms with Crippen LogP contribution in [0.4, 0.5) is 19.0 Å². The van der Waals surface area contributed by atoms with E-state index in [1.54, 1.807) is 19.1 Å². The van der Waals surface area contributed by atoms with Gasteiger partial charge in [0.05, 0.1) is 30.8 Å². The lowest BCUT2D eigenvalue weighted by atomic mass is 10.1. The van der Waals surface area contributed by atoms with Crippen LogP contribution in [0.15, 0.2) is 42.5 Å². The van der Waals surface area contributed by atoms with E-state index in [1.807, 2.05) is 0 Å². The molecule has 0 unspecified atom stereocenters. The van der Waals surface area contributed by atoms with E-state index in [0.29, 0.717) is 35.6 Å². The highest BCUT2D eigenvalue weighted by Gasteiger charge is 2.26. The molecule has 0 aliphatic carbocycles. The number of aromatic amines is 1. The lowest BCUT2D eigenvalue weighted by molar-refractivity contribution is 0.0719. The molecule has 1 aliphatic heterocycles. The number of fused-ring (bicyclic) bond motifs is 3. The Balaban J connectivity index is 1.57. The fourth-order valence-electron chi connectivity index (χ4n) is 4.26. The number of amides is 1. The van der Waals surface area contributed by atoms with Gasteiger partial charge in [-0.1, -0.05) is 18.2 Å².